The molecule has 0 aliphatic heterocycles. The van der Waals surface area contributed by atoms with Gasteiger partial charge in [0, 0.05) is 12.1 Å². The summed E-state index contributed by atoms with van der Waals surface area (Å²) in [5.74, 6) is -3.26. The molecule has 0 amide bonds. The highest BCUT2D eigenvalue weighted by atomic mass is 28.4. The van der Waals surface area contributed by atoms with Crippen LogP contribution in [0.1, 0.15) is 20.8 Å². The van der Waals surface area contributed by atoms with Crippen LogP contribution in [0.3, 0.4) is 0 Å². The van der Waals surface area contributed by atoms with Crippen molar-refractivity contribution in [2.75, 3.05) is 13.2 Å². The largest absolute Gasteiger partial charge is 0.471 e. The Kier molecular flexibility index (Phi) is 5.81. The van der Waals surface area contributed by atoms with Gasteiger partial charge in [-0.3, -0.25) is 10.1 Å². The first-order valence-corrected chi connectivity index (χ1v) is 10.00. The first-order chi connectivity index (χ1) is 10.3. The Hall–Kier alpha value is -1.61. The van der Waals surface area contributed by atoms with Gasteiger partial charge in [-0.15, -0.1) is 0 Å². The summed E-state index contributed by atoms with van der Waals surface area (Å²) in [6, 6.07) is 2.33. The third kappa shape index (κ3) is 5.83. The normalized spacial score (nSPS) is 13.0. The van der Waals surface area contributed by atoms with Crippen molar-refractivity contribution >= 4 is 14.0 Å². The van der Waals surface area contributed by atoms with Crippen LogP contribution < -0.4 is 4.74 Å². The fourth-order valence-electron chi connectivity index (χ4n) is 1.29. The van der Waals surface area contributed by atoms with E-state index in [-0.39, 0.29) is 16.6 Å². The van der Waals surface area contributed by atoms with E-state index in [1.807, 2.05) is 33.9 Å². The number of alkyl halides is 2. The van der Waals surface area contributed by atoms with E-state index in [1.165, 1.54) is 6.07 Å². The summed E-state index contributed by atoms with van der Waals surface area (Å²) in [7, 11) is -2.27. The Balaban J connectivity index is 2.57. The molecule has 1 heterocycles. The van der Waals surface area contributed by atoms with Crippen molar-refractivity contribution in [2.45, 2.75) is 44.8 Å². The second-order valence-corrected chi connectivity index (χ2v) is 11.6. The Labute approximate surface area is 135 Å². The van der Waals surface area contributed by atoms with E-state index in [9.17, 15) is 18.9 Å². The Morgan fingerprint density at radius 3 is 2.30 bits per heavy atom. The highest BCUT2D eigenvalue weighted by molar-refractivity contribution is 6.74. The number of hydrogen-bond donors (Lipinski definition) is 0. The molecule has 0 radical (unpaired) electrons. The number of ether oxygens (including phenoxy) is 1. The van der Waals surface area contributed by atoms with Crippen molar-refractivity contribution < 1.29 is 22.9 Å². The van der Waals surface area contributed by atoms with E-state index in [0.29, 0.717) is 0 Å². The molecule has 0 bridgehead atoms. The second kappa shape index (κ2) is 6.87. The van der Waals surface area contributed by atoms with Gasteiger partial charge in [-0.2, -0.15) is 0 Å². The van der Waals surface area contributed by atoms with Crippen LogP contribution in [-0.2, 0) is 4.43 Å². The third-order valence-electron chi connectivity index (χ3n) is 3.81. The molecule has 1 aromatic heterocycles. The fraction of sp³-hybridized carbons (Fsp3) is 0.643. The fourth-order valence-corrected chi connectivity index (χ4v) is 2.29. The van der Waals surface area contributed by atoms with Crippen molar-refractivity contribution in [3.63, 3.8) is 0 Å². The molecule has 0 saturated carbocycles. The van der Waals surface area contributed by atoms with Crippen molar-refractivity contribution in [3.05, 3.63) is 28.4 Å². The molecule has 0 aromatic carbocycles. The molecule has 0 aliphatic rings. The van der Waals surface area contributed by atoms with Gasteiger partial charge >= 0.3 is 5.92 Å². The molecule has 1 rings (SSSR count). The minimum absolute atomic E-state index is 0.0948. The zero-order valence-corrected chi connectivity index (χ0v) is 14.9. The van der Waals surface area contributed by atoms with Crippen LogP contribution >= 0.6 is 0 Å². The molecule has 0 unspecified atom stereocenters. The van der Waals surface area contributed by atoms with Crippen molar-refractivity contribution in [1.82, 2.24) is 4.98 Å². The minimum atomic E-state index is -3.17. The monoisotopic (exact) mass is 348 g/mol. The van der Waals surface area contributed by atoms with Gasteiger partial charge in [0.2, 0.25) is 5.88 Å². The number of hydrogen-bond acceptors (Lipinski definition) is 5. The first kappa shape index (κ1) is 19.4. The quantitative estimate of drug-likeness (QED) is 0.422. The lowest BCUT2D eigenvalue weighted by Crippen LogP contribution is -2.45. The predicted molar refractivity (Wildman–Crippen MR) is 84.5 cm³/mol. The van der Waals surface area contributed by atoms with Crippen LogP contribution in [0.5, 0.6) is 5.88 Å². The Bertz CT molecular complexity index is 545. The van der Waals surface area contributed by atoms with E-state index in [4.69, 9.17) is 9.16 Å². The summed E-state index contributed by atoms with van der Waals surface area (Å²) < 4.78 is 38.1. The third-order valence-corrected chi connectivity index (χ3v) is 8.29. The molecule has 0 saturated heterocycles. The lowest BCUT2D eigenvalue weighted by atomic mass is 10.2. The summed E-state index contributed by atoms with van der Waals surface area (Å²) in [5, 5.41) is 10.3. The van der Waals surface area contributed by atoms with Crippen molar-refractivity contribution in [3.8, 4) is 5.88 Å². The molecular weight excluding hydrogens is 326 g/mol. The molecule has 0 fully saturated rings. The average Bonchev–Trinajstić information content (AvgIpc) is 2.43. The number of aromatic nitrogens is 1. The van der Waals surface area contributed by atoms with Gasteiger partial charge in [0.25, 0.3) is 5.69 Å². The van der Waals surface area contributed by atoms with Gasteiger partial charge in [-0.25, -0.2) is 13.8 Å². The van der Waals surface area contributed by atoms with E-state index in [1.54, 1.807) is 0 Å². The number of halogens is 2. The Morgan fingerprint density at radius 1 is 1.26 bits per heavy atom. The maximum atomic E-state index is 13.9. The summed E-state index contributed by atoms with van der Waals surface area (Å²) in [6.45, 7) is 8.06. The van der Waals surface area contributed by atoms with Gasteiger partial charge in [-0.1, -0.05) is 20.8 Å². The zero-order chi connectivity index (χ0) is 17.9. The zero-order valence-electron chi connectivity index (χ0n) is 13.9. The first-order valence-electron chi connectivity index (χ1n) is 7.09. The van der Waals surface area contributed by atoms with Gasteiger partial charge < -0.3 is 9.16 Å². The maximum Gasteiger partial charge on any atom is 0.302 e. The summed E-state index contributed by atoms with van der Waals surface area (Å²) in [6.07, 6.45) is 0.958. The van der Waals surface area contributed by atoms with Crippen LogP contribution in [0.2, 0.25) is 18.1 Å². The molecular formula is C14H22F2N2O4Si. The molecule has 9 heteroatoms. The summed E-state index contributed by atoms with van der Waals surface area (Å²) >= 11 is 0. The molecule has 0 N–H and O–H groups in total. The van der Waals surface area contributed by atoms with E-state index >= 15 is 0 Å². The minimum Gasteiger partial charge on any atom is -0.471 e. The predicted octanol–water partition coefficient (Wildman–Crippen LogP) is 4.03. The smallest absolute Gasteiger partial charge is 0.302 e. The van der Waals surface area contributed by atoms with Crippen LogP contribution in [0, 0.1) is 10.1 Å². The van der Waals surface area contributed by atoms with Crippen molar-refractivity contribution in [1.29, 1.82) is 0 Å². The summed E-state index contributed by atoms with van der Waals surface area (Å²) in [5.41, 5.74) is -0.231. The maximum absolute atomic E-state index is 13.9. The number of rotatable bonds is 7. The van der Waals surface area contributed by atoms with Crippen LogP contribution in [-0.4, -0.2) is 37.4 Å². The molecule has 0 spiro atoms. The average molecular weight is 348 g/mol. The highest BCUT2D eigenvalue weighted by Crippen LogP contribution is 2.37. The van der Waals surface area contributed by atoms with Crippen LogP contribution in [0.25, 0.3) is 0 Å². The Morgan fingerprint density at radius 2 is 1.87 bits per heavy atom. The van der Waals surface area contributed by atoms with Gasteiger partial charge in [0.05, 0.1) is 4.92 Å². The van der Waals surface area contributed by atoms with Crippen LogP contribution in [0.4, 0.5) is 14.5 Å². The van der Waals surface area contributed by atoms with Gasteiger partial charge in [0.15, 0.2) is 14.9 Å². The van der Waals surface area contributed by atoms with E-state index in [0.717, 1.165) is 12.3 Å². The molecule has 6 nitrogen and oxygen atoms in total. The van der Waals surface area contributed by atoms with E-state index in [2.05, 4.69) is 4.98 Å². The summed E-state index contributed by atoms with van der Waals surface area (Å²) in [4.78, 5) is 13.5. The second-order valence-electron chi connectivity index (χ2n) is 6.81. The molecule has 1 aromatic rings. The highest BCUT2D eigenvalue weighted by Gasteiger charge is 2.41. The van der Waals surface area contributed by atoms with Crippen LogP contribution in [0.15, 0.2) is 18.3 Å². The lowest BCUT2D eigenvalue weighted by molar-refractivity contribution is -0.385. The van der Waals surface area contributed by atoms with Gasteiger partial charge in [0.1, 0.15) is 12.8 Å². The lowest BCUT2D eigenvalue weighted by Gasteiger charge is -2.37. The van der Waals surface area contributed by atoms with E-state index < -0.39 is 32.4 Å². The number of pyridine rings is 1. The number of nitro groups is 1. The molecule has 0 atom stereocenters. The molecule has 23 heavy (non-hydrogen) atoms. The standard InChI is InChI=1S/C14H22F2N2O4Si/c1-13(2,3)23(4,5)22-10-14(15,16)9-21-12-7-6-11(8-17-12)18(19)20/h6-8H,9-10H2,1-5H3. The number of nitrogens with zero attached hydrogens (tertiary/aromatic N) is 2. The van der Waals surface area contributed by atoms with Crippen molar-refractivity contribution in [2.24, 2.45) is 0 Å². The topological polar surface area (TPSA) is 74.5 Å². The SMILES string of the molecule is CC(C)(C)[Si](C)(C)OCC(F)(F)COc1ccc([N+](=O)[O-])cn1. The molecule has 130 valence electrons. The van der Waals surface area contributed by atoms with Gasteiger partial charge in [-0.05, 0) is 18.1 Å². The molecule has 0 aliphatic carbocycles.